The number of hydrogen-bond acceptors (Lipinski definition) is 5. The summed E-state index contributed by atoms with van der Waals surface area (Å²) in [6, 6.07) is 5.72. The van der Waals surface area contributed by atoms with E-state index in [1.165, 1.54) is 31.2 Å². The Morgan fingerprint density at radius 1 is 1.14 bits per heavy atom. The first kappa shape index (κ1) is 11.0. The lowest BCUT2D eigenvalue weighted by molar-refractivity contribution is 0.543. The summed E-state index contributed by atoms with van der Waals surface area (Å²) in [6.45, 7) is 1.23. The van der Waals surface area contributed by atoms with Crippen molar-refractivity contribution in [3.63, 3.8) is 0 Å². The molecule has 1 aromatic carbocycles. The second kappa shape index (κ2) is 3.23. The predicted molar refractivity (Wildman–Crippen MR) is 54.8 cm³/mol. The van der Waals surface area contributed by atoms with Gasteiger partial charge in [-0.3, -0.25) is 0 Å². The molecule has 6 heteroatoms. The van der Waals surface area contributed by atoms with E-state index >= 15 is 0 Å². The molecule has 0 atom stereocenters. The number of hydrogen-bond donors (Lipinski definition) is 3. The molecule has 0 aliphatic heterocycles. The zero-order valence-electron chi connectivity index (χ0n) is 7.77. The highest BCUT2D eigenvalue weighted by Gasteiger charge is 2.31. The van der Waals surface area contributed by atoms with Crippen LogP contribution in [0.15, 0.2) is 29.2 Å². The molecule has 0 saturated heterocycles. The number of nitrogens with two attached hydrogens (primary N) is 3. The van der Waals surface area contributed by atoms with Gasteiger partial charge in [0.2, 0.25) is 9.84 Å². The molecule has 6 N–H and O–H groups in total. The van der Waals surface area contributed by atoms with Gasteiger partial charge in [0, 0.05) is 5.69 Å². The van der Waals surface area contributed by atoms with Crippen molar-refractivity contribution >= 4 is 15.5 Å². The summed E-state index contributed by atoms with van der Waals surface area (Å²) in [6.07, 6.45) is 0. The van der Waals surface area contributed by atoms with Gasteiger partial charge in [-0.25, -0.2) is 8.42 Å². The lowest BCUT2D eigenvalue weighted by atomic mass is 10.3. The van der Waals surface area contributed by atoms with Crippen LogP contribution in [0.5, 0.6) is 0 Å². The van der Waals surface area contributed by atoms with Crippen LogP contribution in [0.4, 0.5) is 5.69 Å². The maximum atomic E-state index is 11.7. The second-order valence-corrected chi connectivity index (χ2v) is 5.61. The highest BCUT2D eigenvalue weighted by Crippen LogP contribution is 2.18. The Balaban J connectivity index is 3.25. The average molecular weight is 215 g/mol. The van der Waals surface area contributed by atoms with E-state index in [0.29, 0.717) is 5.69 Å². The third kappa shape index (κ3) is 1.87. The molecule has 0 spiro atoms. The zero-order valence-corrected chi connectivity index (χ0v) is 8.58. The molecule has 78 valence electrons. The van der Waals surface area contributed by atoms with Gasteiger partial charge in [-0.1, -0.05) is 0 Å². The topological polar surface area (TPSA) is 112 Å². The Morgan fingerprint density at radius 2 is 1.57 bits per heavy atom. The van der Waals surface area contributed by atoms with Crippen molar-refractivity contribution in [1.82, 2.24) is 0 Å². The maximum absolute atomic E-state index is 11.7. The number of nitrogen functional groups attached to an aromatic ring is 1. The van der Waals surface area contributed by atoms with Crippen LogP contribution in [0.1, 0.15) is 6.92 Å². The highest BCUT2D eigenvalue weighted by atomic mass is 32.2. The Hall–Kier alpha value is -1.11. The van der Waals surface area contributed by atoms with E-state index in [2.05, 4.69) is 0 Å². The van der Waals surface area contributed by atoms with Gasteiger partial charge >= 0.3 is 0 Å². The van der Waals surface area contributed by atoms with E-state index in [1.807, 2.05) is 0 Å². The summed E-state index contributed by atoms with van der Waals surface area (Å²) < 4.78 is 23.3. The van der Waals surface area contributed by atoms with E-state index in [9.17, 15) is 8.42 Å². The standard InChI is InChI=1S/C8H13N3O2S/c1-8(10,11)14(12,13)7-4-2-6(9)3-5-7/h2-5H,9-11H2,1H3. The quantitative estimate of drug-likeness (QED) is 0.460. The van der Waals surface area contributed by atoms with Crippen molar-refractivity contribution in [2.75, 3.05) is 5.73 Å². The van der Waals surface area contributed by atoms with Crippen molar-refractivity contribution in [3.05, 3.63) is 24.3 Å². The molecule has 0 aliphatic rings. The van der Waals surface area contributed by atoms with E-state index in [0.717, 1.165) is 0 Å². The van der Waals surface area contributed by atoms with E-state index in [-0.39, 0.29) is 4.90 Å². The normalized spacial score (nSPS) is 12.8. The van der Waals surface area contributed by atoms with Gasteiger partial charge in [-0.2, -0.15) is 0 Å². The molecule has 1 rings (SSSR count). The second-order valence-electron chi connectivity index (χ2n) is 3.26. The SMILES string of the molecule is CC(N)(N)S(=O)(=O)c1ccc(N)cc1. The van der Waals surface area contributed by atoms with Crippen LogP contribution >= 0.6 is 0 Å². The Bertz CT molecular complexity index is 417. The summed E-state index contributed by atoms with van der Waals surface area (Å²) in [5, 5.41) is 0. The molecule has 1 aromatic rings. The minimum Gasteiger partial charge on any atom is -0.399 e. The zero-order chi connectivity index (χ0) is 11.0. The van der Waals surface area contributed by atoms with Crippen LogP contribution in [0, 0.1) is 0 Å². The van der Waals surface area contributed by atoms with Crippen LogP contribution in [0.25, 0.3) is 0 Å². The Kier molecular flexibility index (Phi) is 2.53. The van der Waals surface area contributed by atoms with Crippen LogP contribution in [0.3, 0.4) is 0 Å². The molecule has 0 bridgehead atoms. The minimum absolute atomic E-state index is 0.0687. The molecule has 0 amide bonds. The summed E-state index contributed by atoms with van der Waals surface area (Å²) >= 11 is 0. The molecule has 5 nitrogen and oxygen atoms in total. The van der Waals surface area contributed by atoms with Crippen molar-refractivity contribution in [3.8, 4) is 0 Å². The molecule has 0 fully saturated rings. The first-order chi connectivity index (χ1) is 6.25. The lowest BCUT2D eigenvalue weighted by Crippen LogP contribution is -2.53. The lowest BCUT2D eigenvalue weighted by Gasteiger charge is -2.19. The highest BCUT2D eigenvalue weighted by molar-refractivity contribution is 7.92. The van der Waals surface area contributed by atoms with Crippen molar-refractivity contribution in [2.24, 2.45) is 11.5 Å². The summed E-state index contributed by atoms with van der Waals surface area (Å²) in [5.41, 5.74) is 16.6. The van der Waals surface area contributed by atoms with Gasteiger partial charge in [-0.05, 0) is 31.2 Å². The molecule has 0 aliphatic carbocycles. The van der Waals surface area contributed by atoms with Gasteiger partial charge in [0.25, 0.3) is 0 Å². The van der Waals surface area contributed by atoms with Gasteiger partial charge in [0.05, 0.1) is 4.90 Å². The molecule has 14 heavy (non-hydrogen) atoms. The largest absolute Gasteiger partial charge is 0.399 e. The molecular formula is C8H13N3O2S. The minimum atomic E-state index is -3.69. The van der Waals surface area contributed by atoms with Crippen LogP contribution in [-0.2, 0) is 9.84 Å². The molecular weight excluding hydrogens is 202 g/mol. The molecule has 0 heterocycles. The predicted octanol–water partition coefficient (Wildman–Crippen LogP) is -0.366. The summed E-state index contributed by atoms with van der Waals surface area (Å²) in [5.74, 6) is 0. The number of benzene rings is 1. The Labute approximate surface area is 82.8 Å². The number of anilines is 1. The van der Waals surface area contributed by atoms with Gasteiger partial charge in [-0.15, -0.1) is 0 Å². The summed E-state index contributed by atoms with van der Waals surface area (Å²) in [7, 11) is -3.69. The van der Waals surface area contributed by atoms with Crippen LogP contribution in [0.2, 0.25) is 0 Å². The number of rotatable bonds is 2. The first-order valence-corrected chi connectivity index (χ1v) is 5.41. The van der Waals surface area contributed by atoms with Gasteiger partial charge in [0.1, 0.15) is 0 Å². The Morgan fingerprint density at radius 3 is 1.93 bits per heavy atom. The fourth-order valence-corrected chi connectivity index (χ4v) is 1.90. The third-order valence-electron chi connectivity index (χ3n) is 1.77. The average Bonchev–Trinajstić information content (AvgIpc) is 2.03. The van der Waals surface area contributed by atoms with E-state index < -0.39 is 14.8 Å². The summed E-state index contributed by atoms with van der Waals surface area (Å²) in [4.78, 5) is -1.71. The van der Waals surface area contributed by atoms with Crippen LogP contribution in [-0.4, -0.2) is 13.4 Å². The van der Waals surface area contributed by atoms with Gasteiger partial charge in [0.15, 0.2) is 4.99 Å². The van der Waals surface area contributed by atoms with E-state index in [4.69, 9.17) is 17.2 Å². The third-order valence-corrected chi connectivity index (χ3v) is 3.82. The molecule has 0 unspecified atom stereocenters. The van der Waals surface area contributed by atoms with E-state index in [1.54, 1.807) is 0 Å². The fourth-order valence-electron chi connectivity index (χ4n) is 0.901. The van der Waals surface area contributed by atoms with Crippen molar-refractivity contribution in [1.29, 1.82) is 0 Å². The monoisotopic (exact) mass is 215 g/mol. The smallest absolute Gasteiger partial charge is 0.210 e. The van der Waals surface area contributed by atoms with Gasteiger partial charge < -0.3 is 17.2 Å². The first-order valence-electron chi connectivity index (χ1n) is 3.93. The molecule has 0 radical (unpaired) electrons. The number of sulfone groups is 1. The van der Waals surface area contributed by atoms with Crippen molar-refractivity contribution in [2.45, 2.75) is 16.8 Å². The van der Waals surface area contributed by atoms with Crippen LogP contribution < -0.4 is 17.2 Å². The molecule has 0 saturated carbocycles. The maximum Gasteiger partial charge on any atom is 0.210 e. The fraction of sp³-hybridized carbons (Fsp3) is 0.250. The van der Waals surface area contributed by atoms with Crippen molar-refractivity contribution < 1.29 is 8.42 Å². The molecule has 0 aromatic heterocycles.